The number of amides is 2. The molecule has 2 aliphatic heterocycles. The van der Waals surface area contributed by atoms with Crippen LogP contribution in [-0.4, -0.2) is 36.5 Å². The fourth-order valence-electron chi connectivity index (χ4n) is 4.54. The summed E-state index contributed by atoms with van der Waals surface area (Å²) in [6.07, 6.45) is 0. The summed E-state index contributed by atoms with van der Waals surface area (Å²) in [5.74, 6) is 1.72. The van der Waals surface area contributed by atoms with Crippen LogP contribution in [0.1, 0.15) is 35.7 Å². The number of hydrogen-bond acceptors (Lipinski definition) is 6. The first-order valence-electron chi connectivity index (χ1n) is 11.8. The van der Waals surface area contributed by atoms with Gasteiger partial charge >= 0.3 is 0 Å². The van der Waals surface area contributed by atoms with Crippen molar-refractivity contribution in [3.63, 3.8) is 0 Å². The minimum atomic E-state index is -0.145. The van der Waals surface area contributed by atoms with Gasteiger partial charge in [-0.2, -0.15) is 0 Å². The van der Waals surface area contributed by atoms with Crippen LogP contribution in [0, 0.1) is 0 Å². The molecule has 0 unspecified atom stereocenters. The third-order valence-corrected chi connectivity index (χ3v) is 9.21. The van der Waals surface area contributed by atoms with Crippen molar-refractivity contribution >= 4 is 46.7 Å². The molecule has 0 saturated carbocycles. The molecule has 5 rings (SSSR count). The number of hydrogen-bond donors (Lipinski definition) is 0. The molecule has 0 radical (unpaired) electrons. The molecular formula is C28H28N2O4S2. The Kier molecular flexibility index (Phi) is 6.90. The molecule has 0 aliphatic carbocycles. The Bertz CT molecular complexity index is 1150. The van der Waals surface area contributed by atoms with E-state index in [0.29, 0.717) is 0 Å². The van der Waals surface area contributed by atoms with E-state index in [-0.39, 0.29) is 33.1 Å². The predicted octanol–water partition coefficient (Wildman–Crippen LogP) is 6.04. The number of thioether (sulfide) groups is 2. The predicted molar refractivity (Wildman–Crippen MR) is 147 cm³/mol. The molecule has 2 heterocycles. The van der Waals surface area contributed by atoms with E-state index in [1.807, 2.05) is 96.4 Å². The minimum Gasteiger partial charge on any atom is -0.497 e. The van der Waals surface area contributed by atoms with Crippen molar-refractivity contribution in [3.8, 4) is 11.5 Å². The normalized spacial score (nSPS) is 23.9. The summed E-state index contributed by atoms with van der Waals surface area (Å²) in [7, 11) is 3.28. The van der Waals surface area contributed by atoms with Gasteiger partial charge in [0, 0.05) is 11.4 Å². The second-order valence-corrected chi connectivity index (χ2v) is 11.6. The van der Waals surface area contributed by atoms with Crippen LogP contribution in [0.2, 0.25) is 0 Å². The van der Waals surface area contributed by atoms with Gasteiger partial charge in [0.15, 0.2) is 0 Å². The van der Waals surface area contributed by atoms with E-state index in [0.717, 1.165) is 34.0 Å². The van der Waals surface area contributed by atoms with Gasteiger partial charge in [0.2, 0.25) is 11.8 Å². The molecule has 0 aromatic heterocycles. The van der Waals surface area contributed by atoms with Gasteiger partial charge in [-0.25, -0.2) is 0 Å². The van der Waals surface area contributed by atoms with E-state index in [1.54, 1.807) is 37.7 Å². The molecule has 186 valence electrons. The third kappa shape index (κ3) is 4.44. The zero-order chi connectivity index (χ0) is 25.4. The van der Waals surface area contributed by atoms with Crippen LogP contribution in [0.15, 0.2) is 72.8 Å². The summed E-state index contributed by atoms with van der Waals surface area (Å²) < 4.78 is 10.6. The highest BCUT2D eigenvalue weighted by Gasteiger charge is 2.41. The molecule has 0 N–H and O–H groups in total. The molecule has 2 amide bonds. The van der Waals surface area contributed by atoms with Gasteiger partial charge < -0.3 is 9.47 Å². The summed E-state index contributed by atoms with van der Waals surface area (Å²) in [6.45, 7) is 3.89. The van der Waals surface area contributed by atoms with Crippen molar-refractivity contribution in [2.24, 2.45) is 0 Å². The quantitative estimate of drug-likeness (QED) is 0.395. The lowest BCUT2D eigenvalue weighted by Gasteiger charge is -2.27. The van der Waals surface area contributed by atoms with Gasteiger partial charge in [0.1, 0.15) is 22.2 Å². The van der Waals surface area contributed by atoms with Crippen molar-refractivity contribution in [2.45, 2.75) is 35.1 Å². The van der Waals surface area contributed by atoms with Crippen LogP contribution < -0.4 is 19.3 Å². The summed E-state index contributed by atoms with van der Waals surface area (Å²) in [6, 6.07) is 23.4. The SMILES string of the molecule is COc1ccc([C@@H]2S[C@H](C)C(=O)N2c2ccc(N3C(=O)[C@@H](C)S[C@H]3c3ccc(OC)cc3)cc2)cc1. The van der Waals surface area contributed by atoms with Crippen LogP contribution in [-0.2, 0) is 9.59 Å². The lowest BCUT2D eigenvalue weighted by atomic mass is 10.1. The van der Waals surface area contributed by atoms with Gasteiger partial charge in [-0.15, -0.1) is 23.5 Å². The number of anilines is 2. The van der Waals surface area contributed by atoms with Crippen molar-refractivity contribution in [1.29, 1.82) is 0 Å². The van der Waals surface area contributed by atoms with Crippen molar-refractivity contribution in [1.82, 2.24) is 0 Å². The largest absolute Gasteiger partial charge is 0.497 e. The second-order valence-electron chi connectivity index (χ2n) is 8.74. The van der Waals surface area contributed by atoms with Crippen molar-refractivity contribution in [2.75, 3.05) is 24.0 Å². The van der Waals surface area contributed by atoms with E-state index in [9.17, 15) is 9.59 Å². The number of carbonyl (C=O) groups is 2. The van der Waals surface area contributed by atoms with E-state index in [2.05, 4.69) is 0 Å². The number of rotatable bonds is 6. The Labute approximate surface area is 219 Å². The molecule has 4 atom stereocenters. The van der Waals surface area contributed by atoms with Gasteiger partial charge in [-0.1, -0.05) is 24.3 Å². The first-order chi connectivity index (χ1) is 17.4. The van der Waals surface area contributed by atoms with E-state index < -0.39 is 0 Å². The molecule has 3 aromatic carbocycles. The Morgan fingerprint density at radius 1 is 0.583 bits per heavy atom. The maximum atomic E-state index is 13.1. The molecule has 36 heavy (non-hydrogen) atoms. The maximum absolute atomic E-state index is 13.1. The lowest BCUT2D eigenvalue weighted by Crippen LogP contribution is -2.31. The summed E-state index contributed by atoms with van der Waals surface area (Å²) in [4.78, 5) is 30.0. The molecule has 2 saturated heterocycles. The molecule has 8 heteroatoms. The molecule has 2 aliphatic rings. The van der Waals surface area contributed by atoms with Gasteiger partial charge in [-0.05, 0) is 73.5 Å². The van der Waals surface area contributed by atoms with Gasteiger partial charge in [0.25, 0.3) is 0 Å². The molecular weight excluding hydrogens is 492 g/mol. The fourth-order valence-corrected chi connectivity index (χ4v) is 7.10. The van der Waals surface area contributed by atoms with Crippen LogP contribution >= 0.6 is 23.5 Å². The monoisotopic (exact) mass is 520 g/mol. The van der Waals surface area contributed by atoms with Crippen LogP contribution in [0.3, 0.4) is 0 Å². The third-order valence-electron chi connectivity index (χ3n) is 6.51. The van der Waals surface area contributed by atoms with Crippen molar-refractivity contribution in [3.05, 3.63) is 83.9 Å². The van der Waals surface area contributed by atoms with E-state index >= 15 is 0 Å². The molecule has 2 fully saturated rings. The van der Waals surface area contributed by atoms with E-state index in [4.69, 9.17) is 9.47 Å². The average Bonchev–Trinajstić information content (AvgIpc) is 3.38. The standard InChI is InChI=1S/C28H28N2O4S2/c1-17-25(31)29(27(35-17)19-5-13-23(33-3)14-6-19)21-9-11-22(12-10-21)30-26(32)18(2)36-28(30)20-7-15-24(34-4)16-8-20/h5-18,27-28H,1-4H3/t17-,18-,27+,28+/m1/s1. The van der Waals surface area contributed by atoms with Crippen LogP contribution in [0.4, 0.5) is 11.4 Å². The lowest BCUT2D eigenvalue weighted by molar-refractivity contribution is -0.118. The zero-order valence-corrected chi connectivity index (χ0v) is 22.2. The number of methoxy groups -OCH3 is 2. The number of carbonyl (C=O) groups excluding carboxylic acids is 2. The summed E-state index contributed by atoms with van der Waals surface area (Å²) >= 11 is 3.26. The van der Waals surface area contributed by atoms with Gasteiger partial charge in [0.05, 0.1) is 24.7 Å². The Morgan fingerprint density at radius 2 is 0.917 bits per heavy atom. The molecule has 0 spiro atoms. The molecule has 3 aromatic rings. The van der Waals surface area contributed by atoms with Crippen LogP contribution in [0.5, 0.6) is 11.5 Å². The van der Waals surface area contributed by atoms with E-state index in [1.165, 1.54) is 0 Å². The minimum absolute atomic E-state index is 0.0751. The van der Waals surface area contributed by atoms with Crippen molar-refractivity contribution < 1.29 is 19.1 Å². The summed E-state index contributed by atoms with van der Waals surface area (Å²) in [5.41, 5.74) is 3.72. The maximum Gasteiger partial charge on any atom is 0.241 e. The highest BCUT2D eigenvalue weighted by atomic mass is 32.2. The zero-order valence-electron chi connectivity index (χ0n) is 20.6. The topological polar surface area (TPSA) is 59.1 Å². The fraction of sp³-hybridized carbons (Fsp3) is 0.286. The summed E-state index contributed by atoms with van der Waals surface area (Å²) in [5, 5.41) is -0.539. The molecule has 6 nitrogen and oxygen atoms in total. The number of ether oxygens (including phenoxy) is 2. The second kappa shape index (κ2) is 10.1. The highest BCUT2D eigenvalue weighted by Crippen LogP contribution is 2.48. The smallest absolute Gasteiger partial charge is 0.241 e. The van der Waals surface area contributed by atoms with Gasteiger partial charge in [-0.3, -0.25) is 19.4 Å². The first-order valence-corrected chi connectivity index (χ1v) is 13.6. The number of benzene rings is 3. The Balaban J connectivity index is 1.44. The van der Waals surface area contributed by atoms with Crippen LogP contribution in [0.25, 0.3) is 0 Å². The average molecular weight is 521 g/mol. The molecule has 0 bridgehead atoms. The number of nitrogens with zero attached hydrogens (tertiary/aromatic N) is 2. The Hall–Kier alpha value is -3.10. The first kappa shape index (κ1) is 24.6. The highest BCUT2D eigenvalue weighted by molar-refractivity contribution is 8.01. The Morgan fingerprint density at radius 3 is 1.22 bits per heavy atom.